The molecule has 0 aliphatic heterocycles. The van der Waals surface area contributed by atoms with Crippen LogP contribution < -0.4 is 5.32 Å². The van der Waals surface area contributed by atoms with Crippen molar-refractivity contribution in [2.24, 2.45) is 0 Å². The number of hydrogen-bond donors (Lipinski definition) is 1. The van der Waals surface area contributed by atoms with Crippen molar-refractivity contribution in [2.75, 3.05) is 6.54 Å². The first kappa shape index (κ1) is 26.2. The standard InChI is InChI=1S/C31H38N2O2/c1-4-5-20-32-31(35)29(22-27-11-7-6-8-12-27)33(23-28-13-9-10-25(3)21-28)30(34)19-18-26-16-14-24(2)15-17-26/h6-17,21,29H,4-5,18-20,22-23H2,1-3H3,(H,32,35). The van der Waals surface area contributed by atoms with Crippen LogP contribution in [0.1, 0.15) is 54.0 Å². The lowest BCUT2D eigenvalue weighted by Gasteiger charge is -2.32. The fraction of sp³-hybridized carbons (Fsp3) is 0.355. The Morgan fingerprint density at radius 1 is 0.829 bits per heavy atom. The molecule has 3 aromatic carbocycles. The van der Waals surface area contributed by atoms with Crippen LogP contribution in [0.25, 0.3) is 0 Å². The third-order valence-electron chi connectivity index (χ3n) is 6.28. The minimum atomic E-state index is -0.569. The lowest BCUT2D eigenvalue weighted by atomic mass is 10.0. The fourth-order valence-electron chi connectivity index (χ4n) is 4.22. The van der Waals surface area contributed by atoms with E-state index in [-0.39, 0.29) is 11.8 Å². The van der Waals surface area contributed by atoms with E-state index in [4.69, 9.17) is 0 Å². The van der Waals surface area contributed by atoms with Gasteiger partial charge >= 0.3 is 0 Å². The highest BCUT2D eigenvalue weighted by atomic mass is 16.2. The van der Waals surface area contributed by atoms with Gasteiger partial charge in [-0.05, 0) is 43.4 Å². The Balaban J connectivity index is 1.87. The molecule has 4 nitrogen and oxygen atoms in total. The average Bonchev–Trinajstić information content (AvgIpc) is 2.86. The largest absolute Gasteiger partial charge is 0.354 e. The van der Waals surface area contributed by atoms with Gasteiger partial charge in [-0.1, -0.05) is 103 Å². The van der Waals surface area contributed by atoms with Crippen molar-refractivity contribution >= 4 is 11.8 Å². The predicted octanol–water partition coefficient (Wildman–Crippen LogP) is 5.79. The zero-order chi connectivity index (χ0) is 25.0. The first-order chi connectivity index (χ1) is 17.0. The van der Waals surface area contributed by atoms with Crippen LogP contribution in [-0.4, -0.2) is 29.3 Å². The smallest absolute Gasteiger partial charge is 0.243 e. The van der Waals surface area contributed by atoms with Gasteiger partial charge in [-0.3, -0.25) is 9.59 Å². The van der Waals surface area contributed by atoms with Gasteiger partial charge < -0.3 is 10.2 Å². The monoisotopic (exact) mass is 470 g/mol. The topological polar surface area (TPSA) is 49.4 Å². The second-order valence-electron chi connectivity index (χ2n) is 9.35. The first-order valence-corrected chi connectivity index (χ1v) is 12.7. The van der Waals surface area contributed by atoms with Crippen LogP contribution in [0.3, 0.4) is 0 Å². The molecule has 0 aromatic heterocycles. The summed E-state index contributed by atoms with van der Waals surface area (Å²) in [6.07, 6.45) is 3.43. The second-order valence-corrected chi connectivity index (χ2v) is 9.35. The van der Waals surface area contributed by atoms with Crippen LogP contribution in [0.2, 0.25) is 0 Å². The number of unbranched alkanes of at least 4 members (excludes halogenated alkanes) is 1. The number of aryl methyl sites for hydroxylation is 3. The highest BCUT2D eigenvalue weighted by Crippen LogP contribution is 2.18. The zero-order valence-electron chi connectivity index (χ0n) is 21.3. The van der Waals surface area contributed by atoms with Gasteiger partial charge in [0.05, 0.1) is 0 Å². The molecule has 0 saturated heterocycles. The molecule has 2 amide bonds. The molecule has 3 aromatic rings. The Bertz CT molecular complexity index is 1080. The molecule has 0 saturated carbocycles. The van der Waals surface area contributed by atoms with Gasteiger partial charge in [0.1, 0.15) is 6.04 Å². The number of hydrogen-bond acceptors (Lipinski definition) is 2. The van der Waals surface area contributed by atoms with E-state index in [1.807, 2.05) is 55.5 Å². The molecule has 4 heteroatoms. The van der Waals surface area contributed by atoms with E-state index in [1.54, 1.807) is 4.90 Å². The summed E-state index contributed by atoms with van der Waals surface area (Å²) < 4.78 is 0. The Kier molecular flexibility index (Phi) is 10.1. The fourth-order valence-corrected chi connectivity index (χ4v) is 4.22. The van der Waals surface area contributed by atoms with Gasteiger partial charge in [0.25, 0.3) is 0 Å². The predicted molar refractivity (Wildman–Crippen MR) is 143 cm³/mol. The highest BCUT2D eigenvalue weighted by Gasteiger charge is 2.30. The second kappa shape index (κ2) is 13.5. The number of carbonyl (C=O) groups excluding carboxylic acids is 2. The van der Waals surface area contributed by atoms with Crippen molar-refractivity contribution in [2.45, 2.75) is 65.5 Å². The molecular formula is C31H38N2O2. The third-order valence-corrected chi connectivity index (χ3v) is 6.28. The molecule has 0 fully saturated rings. The Hall–Kier alpha value is -3.40. The number of rotatable bonds is 12. The van der Waals surface area contributed by atoms with E-state index in [9.17, 15) is 9.59 Å². The van der Waals surface area contributed by atoms with Crippen molar-refractivity contribution < 1.29 is 9.59 Å². The molecule has 1 atom stereocenters. The normalized spacial score (nSPS) is 11.6. The molecule has 0 heterocycles. The number of carbonyl (C=O) groups is 2. The summed E-state index contributed by atoms with van der Waals surface area (Å²) in [4.78, 5) is 28.9. The van der Waals surface area contributed by atoms with Crippen LogP contribution in [0.15, 0.2) is 78.9 Å². The lowest BCUT2D eigenvalue weighted by molar-refractivity contribution is -0.141. The van der Waals surface area contributed by atoms with Gasteiger partial charge in [-0.15, -0.1) is 0 Å². The van der Waals surface area contributed by atoms with Crippen LogP contribution >= 0.6 is 0 Å². The Morgan fingerprint density at radius 2 is 1.54 bits per heavy atom. The van der Waals surface area contributed by atoms with Crippen LogP contribution in [0.5, 0.6) is 0 Å². The Morgan fingerprint density at radius 3 is 2.23 bits per heavy atom. The van der Waals surface area contributed by atoms with E-state index >= 15 is 0 Å². The molecular weight excluding hydrogens is 432 g/mol. The van der Waals surface area contributed by atoms with E-state index in [0.29, 0.717) is 32.4 Å². The third kappa shape index (κ3) is 8.40. The summed E-state index contributed by atoms with van der Waals surface area (Å²) in [5.74, 6) is -0.0858. The van der Waals surface area contributed by atoms with Crippen molar-refractivity contribution in [3.8, 4) is 0 Å². The first-order valence-electron chi connectivity index (χ1n) is 12.7. The lowest BCUT2D eigenvalue weighted by Crippen LogP contribution is -2.50. The van der Waals surface area contributed by atoms with Gasteiger partial charge in [0.15, 0.2) is 0 Å². The average molecular weight is 471 g/mol. The maximum Gasteiger partial charge on any atom is 0.243 e. The van der Waals surface area contributed by atoms with Crippen molar-refractivity contribution in [1.82, 2.24) is 10.2 Å². The molecule has 0 bridgehead atoms. The molecule has 0 aliphatic carbocycles. The molecule has 0 spiro atoms. The zero-order valence-corrected chi connectivity index (χ0v) is 21.3. The van der Waals surface area contributed by atoms with Crippen LogP contribution in [0, 0.1) is 13.8 Å². The van der Waals surface area contributed by atoms with E-state index < -0.39 is 6.04 Å². The summed E-state index contributed by atoms with van der Waals surface area (Å²) in [6, 6.07) is 25.9. The SMILES string of the molecule is CCCCNC(=O)C(Cc1ccccc1)N(Cc1cccc(C)c1)C(=O)CCc1ccc(C)cc1. The maximum atomic E-state index is 13.7. The summed E-state index contributed by atoms with van der Waals surface area (Å²) in [5, 5.41) is 3.08. The number of nitrogens with one attached hydrogen (secondary N) is 1. The minimum absolute atomic E-state index is 0.00125. The summed E-state index contributed by atoms with van der Waals surface area (Å²) >= 11 is 0. The summed E-state index contributed by atoms with van der Waals surface area (Å²) in [6.45, 7) is 7.24. The van der Waals surface area contributed by atoms with Gasteiger partial charge in [0, 0.05) is 25.9 Å². The molecule has 3 rings (SSSR count). The Labute approximate surface area is 210 Å². The molecule has 35 heavy (non-hydrogen) atoms. The van der Waals surface area contributed by atoms with E-state index in [2.05, 4.69) is 49.5 Å². The van der Waals surface area contributed by atoms with Crippen molar-refractivity contribution in [1.29, 1.82) is 0 Å². The molecule has 0 radical (unpaired) electrons. The maximum absolute atomic E-state index is 13.7. The van der Waals surface area contributed by atoms with Crippen LogP contribution in [-0.2, 0) is 29.0 Å². The molecule has 0 aliphatic rings. The highest BCUT2D eigenvalue weighted by molar-refractivity contribution is 5.88. The van der Waals surface area contributed by atoms with Gasteiger partial charge in [-0.2, -0.15) is 0 Å². The molecule has 184 valence electrons. The summed E-state index contributed by atoms with van der Waals surface area (Å²) in [5.41, 5.74) is 5.55. The number of amides is 2. The van der Waals surface area contributed by atoms with Gasteiger partial charge in [-0.25, -0.2) is 0 Å². The summed E-state index contributed by atoms with van der Waals surface area (Å²) in [7, 11) is 0. The molecule has 1 unspecified atom stereocenters. The minimum Gasteiger partial charge on any atom is -0.354 e. The van der Waals surface area contributed by atoms with E-state index in [0.717, 1.165) is 35.1 Å². The van der Waals surface area contributed by atoms with Crippen LogP contribution in [0.4, 0.5) is 0 Å². The molecule has 1 N–H and O–H groups in total. The van der Waals surface area contributed by atoms with Gasteiger partial charge in [0.2, 0.25) is 11.8 Å². The van der Waals surface area contributed by atoms with Crippen molar-refractivity contribution in [3.63, 3.8) is 0 Å². The quantitative estimate of drug-likeness (QED) is 0.341. The number of benzene rings is 3. The number of nitrogens with zero attached hydrogens (tertiary/aromatic N) is 1. The van der Waals surface area contributed by atoms with E-state index in [1.165, 1.54) is 5.56 Å². The van der Waals surface area contributed by atoms with Crippen molar-refractivity contribution in [3.05, 3.63) is 107 Å².